The van der Waals surface area contributed by atoms with Crippen molar-refractivity contribution in [1.82, 2.24) is 4.90 Å². The van der Waals surface area contributed by atoms with Gasteiger partial charge in [-0.2, -0.15) is 0 Å². The van der Waals surface area contributed by atoms with Crippen molar-refractivity contribution in [2.45, 2.75) is 32.2 Å². The van der Waals surface area contributed by atoms with Crippen molar-refractivity contribution in [3.8, 4) is 0 Å². The van der Waals surface area contributed by atoms with Crippen LogP contribution in [0.25, 0.3) is 0 Å². The van der Waals surface area contributed by atoms with Gasteiger partial charge >= 0.3 is 0 Å². The number of carbonyl (C=O) groups is 1. The molecule has 1 saturated heterocycles. The molecule has 5 nitrogen and oxygen atoms in total. The van der Waals surface area contributed by atoms with Gasteiger partial charge in [-0.3, -0.25) is 4.79 Å². The van der Waals surface area contributed by atoms with E-state index in [1.807, 2.05) is 13.8 Å². The van der Waals surface area contributed by atoms with E-state index in [1.165, 1.54) is 4.90 Å². The highest BCUT2D eigenvalue weighted by Gasteiger charge is 2.32. The Labute approximate surface area is 83.3 Å². The molecular formula is C9H17NO4. The van der Waals surface area contributed by atoms with Crippen LogP contribution in [-0.4, -0.2) is 59.0 Å². The van der Waals surface area contributed by atoms with Crippen molar-refractivity contribution in [2.24, 2.45) is 0 Å². The molecule has 14 heavy (non-hydrogen) atoms. The van der Waals surface area contributed by atoms with Crippen molar-refractivity contribution in [2.75, 3.05) is 19.7 Å². The van der Waals surface area contributed by atoms with Gasteiger partial charge in [-0.05, 0) is 13.8 Å². The van der Waals surface area contributed by atoms with Crippen LogP contribution in [0.1, 0.15) is 13.8 Å². The standard InChI is InChI=1S/C9H17NO4/c1-6(2)14-5-9(13)10-3-7(11)8(12)4-10/h6-8,11-12H,3-5H2,1-2H3/t7-,8-/m0/s1. The second-order valence-corrected chi connectivity index (χ2v) is 3.79. The van der Waals surface area contributed by atoms with Crippen LogP contribution in [0.2, 0.25) is 0 Å². The molecule has 0 saturated carbocycles. The molecule has 1 amide bonds. The Morgan fingerprint density at radius 1 is 1.43 bits per heavy atom. The summed E-state index contributed by atoms with van der Waals surface area (Å²) in [4.78, 5) is 12.8. The molecule has 1 fully saturated rings. The highest BCUT2D eigenvalue weighted by Crippen LogP contribution is 2.10. The molecule has 82 valence electrons. The normalized spacial score (nSPS) is 27.4. The van der Waals surface area contributed by atoms with Crippen LogP contribution in [0.5, 0.6) is 0 Å². The number of ether oxygens (including phenoxy) is 1. The Kier molecular flexibility index (Phi) is 3.86. The van der Waals surface area contributed by atoms with Crippen LogP contribution in [0.15, 0.2) is 0 Å². The third kappa shape index (κ3) is 2.94. The van der Waals surface area contributed by atoms with Crippen molar-refractivity contribution in [1.29, 1.82) is 0 Å². The van der Waals surface area contributed by atoms with Gasteiger partial charge in [-0.15, -0.1) is 0 Å². The maximum absolute atomic E-state index is 11.4. The van der Waals surface area contributed by atoms with Crippen LogP contribution < -0.4 is 0 Å². The lowest BCUT2D eigenvalue weighted by molar-refractivity contribution is -0.137. The number of rotatable bonds is 3. The first kappa shape index (κ1) is 11.4. The van der Waals surface area contributed by atoms with Crippen molar-refractivity contribution >= 4 is 5.91 Å². The molecule has 1 heterocycles. The number of hydrogen-bond acceptors (Lipinski definition) is 4. The first-order chi connectivity index (χ1) is 6.50. The molecule has 0 aliphatic carbocycles. The van der Waals surface area contributed by atoms with E-state index in [0.29, 0.717) is 0 Å². The van der Waals surface area contributed by atoms with E-state index >= 15 is 0 Å². The minimum Gasteiger partial charge on any atom is -0.388 e. The zero-order valence-corrected chi connectivity index (χ0v) is 8.51. The van der Waals surface area contributed by atoms with Crippen LogP contribution in [0.4, 0.5) is 0 Å². The highest BCUT2D eigenvalue weighted by molar-refractivity contribution is 5.77. The van der Waals surface area contributed by atoms with Crippen molar-refractivity contribution < 1.29 is 19.7 Å². The fourth-order valence-electron chi connectivity index (χ4n) is 1.30. The first-order valence-electron chi connectivity index (χ1n) is 4.76. The number of carbonyl (C=O) groups excluding carboxylic acids is 1. The summed E-state index contributed by atoms with van der Waals surface area (Å²) in [5, 5.41) is 18.4. The SMILES string of the molecule is CC(C)OCC(=O)N1C[C@H](O)[C@@H](O)C1. The van der Waals surface area contributed by atoms with Gasteiger partial charge in [0.1, 0.15) is 6.61 Å². The Hall–Kier alpha value is -0.650. The molecule has 1 rings (SSSR count). The summed E-state index contributed by atoms with van der Waals surface area (Å²) >= 11 is 0. The molecule has 0 radical (unpaired) electrons. The van der Waals surface area contributed by atoms with Gasteiger partial charge < -0.3 is 19.8 Å². The molecule has 5 heteroatoms. The average molecular weight is 203 g/mol. The molecule has 0 aromatic carbocycles. The zero-order valence-electron chi connectivity index (χ0n) is 8.51. The summed E-state index contributed by atoms with van der Waals surface area (Å²) < 4.78 is 5.13. The molecule has 1 aliphatic heterocycles. The largest absolute Gasteiger partial charge is 0.388 e. The quantitative estimate of drug-likeness (QED) is 0.615. The van der Waals surface area contributed by atoms with E-state index < -0.39 is 12.2 Å². The maximum Gasteiger partial charge on any atom is 0.248 e. The minimum absolute atomic E-state index is 0.0106. The predicted molar refractivity (Wildman–Crippen MR) is 49.7 cm³/mol. The second kappa shape index (κ2) is 4.72. The summed E-state index contributed by atoms with van der Waals surface area (Å²) in [5.41, 5.74) is 0. The number of hydrogen-bond donors (Lipinski definition) is 2. The predicted octanol–water partition coefficient (Wildman–Crippen LogP) is -1.02. The van der Waals surface area contributed by atoms with E-state index in [4.69, 9.17) is 4.74 Å². The lowest BCUT2D eigenvalue weighted by Gasteiger charge is -2.16. The van der Waals surface area contributed by atoms with Crippen LogP contribution >= 0.6 is 0 Å². The lowest BCUT2D eigenvalue weighted by Crippen LogP contribution is -2.33. The van der Waals surface area contributed by atoms with Crippen LogP contribution in [-0.2, 0) is 9.53 Å². The minimum atomic E-state index is -0.821. The molecule has 0 aromatic rings. The highest BCUT2D eigenvalue weighted by atomic mass is 16.5. The van der Waals surface area contributed by atoms with Gasteiger partial charge in [-0.25, -0.2) is 0 Å². The molecule has 0 unspecified atom stereocenters. The van der Waals surface area contributed by atoms with Crippen LogP contribution in [0.3, 0.4) is 0 Å². The lowest BCUT2D eigenvalue weighted by atomic mass is 10.3. The summed E-state index contributed by atoms with van der Waals surface area (Å²) in [6.45, 7) is 4.10. The molecular weight excluding hydrogens is 186 g/mol. The van der Waals surface area contributed by atoms with Gasteiger partial charge in [-0.1, -0.05) is 0 Å². The van der Waals surface area contributed by atoms with Gasteiger partial charge in [0.2, 0.25) is 5.91 Å². The third-order valence-corrected chi connectivity index (χ3v) is 2.15. The smallest absolute Gasteiger partial charge is 0.248 e. The number of aliphatic hydroxyl groups excluding tert-OH is 2. The topological polar surface area (TPSA) is 70.0 Å². The summed E-state index contributed by atoms with van der Waals surface area (Å²) in [6, 6.07) is 0. The number of β-amino-alcohol motifs (C(OH)–C–C–N with tert-alkyl or cyclic N) is 2. The Bertz CT molecular complexity index is 197. The molecule has 1 aliphatic rings. The van der Waals surface area contributed by atoms with Gasteiger partial charge in [0, 0.05) is 13.1 Å². The van der Waals surface area contributed by atoms with E-state index in [2.05, 4.69) is 0 Å². The monoisotopic (exact) mass is 203 g/mol. The Morgan fingerprint density at radius 3 is 2.36 bits per heavy atom. The Balaban J connectivity index is 2.32. The Morgan fingerprint density at radius 2 is 1.93 bits per heavy atom. The third-order valence-electron chi connectivity index (χ3n) is 2.15. The number of likely N-dealkylation sites (tertiary alicyclic amines) is 1. The first-order valence-corrected chi connectivity index (χ1v) is 4.76. The average Bonchev–Trinajstić information content (AvgIpc) is 2.43. The molecule has 0 aromatic heterocycles. The fraction of sp³-hybridized carbons (Fsp3) is 0.889. The van der Waals surface area contributed by atoms with E-state index in [9.17, 15) is 15.0 Å². The summed E-state index contributed by atoms with van der Waals surface area (Å²) in [5.74, 6) is -0.186. The van der Waals surface area contributed by atoms with Crippen molar-refractivity contribution in [3.63, 3.8) is 0 Å². The van der Waals surface area contributed by atoms with E-state index in [0.717, 1.165) is 0 Å². The maximum atomic E-state index is 11.4. The molecule has 2 atom stereocenters. The van der Waals surface area contributed by atoms with Gasteiger partial charge in [0.25, 0.3) is 0 Å². The molecule has 0 bridgehead atoms. The van der Waals surface area contributed by atoms with E-state index in [1.54, 1.807) is 0 Å². The second-order valence-electron chi connectivity index (χ2n) is 3.79. The summed E-state index contributed by atoms with van der Waals surface area (Å²) in [6.07, 6.45) is -1.63. The van der Waals surface area contributed by atoms with Gasteiger partial charge in [0.05, 0.1) is 18.3 Å². The number of aliphatic hydroxyl groups is 2. The number of amides is 1. The van der Waals surface area contributed by atoms with Crippen molar-refractivity contribution in [3.05, 3.63) is 0 Å². The molecule has 2 N–H and O–H groups in total. The zero-order chi connectivity index (χ0) is 10.7. The van der Waals surface area contributed by atoms with Gasteiger partial charge in [0.15, 0.2) is 0 Å². The summed E-state index contributed by atoms with van der Waals surface area (Å²) in [7, 11) is 0. The van der Waals surface area contributed by atoms with E-state index in [-0.39, 0.29) is 31.7 Å². The number of nitrogens with zero attached hydrogens (tertiary/aromatic N) is 1. The fourth-order valence-corrected chi connectivity index (χ4v) is 1.30. The van der Waals surface area contributed by atoms with Crippen LogP contribution in [0, 0.1) is 0 Å². The molecule has 0 spiro atoms.